The number of nitrogens with zero attached hydrogens (tertiary/aromatic N) is 1. The number of amides is 2. The van der Waals surface area contributed by atoms with E-state index < -0.39 is 35.2 Å². The van der Waals surface area contributed by atoms with Gasteiger partial charge in [-0.3, -0.25) is 9.69 Å². The third-order valence-corrected chi connectivity index (χ3v) is 3.99. The van der Waals surface area contributed by atoms with E-state index in [1.54, 1.807) is 20.8 Å². The summed E-state index contributed by atoms with van der Waals surface area (Å²) in [4.78, 5) is 23.8. The Kier molecular flexibility index (Phi) is 7.16. The fourth-order valence-corrected chi connectivity index (χ4v) is 2.82. The number of halogens is 3. The average Bonchev–Trinajstić information content (AvgIpc) is 2.44. The average molecular weight is 423 g/mol. The Hall–Kier alpha value is -1.90. The molecule has 0 aliphatic carbocycles. The summed E-state index contributed by atoms with van der Waals surface area (Å²) in [7, 11) is 0. The Morgan fingerprint density at radius 2 is 1.96 bits per heavy atom. The zero-order chi connectivity index (χ0) is 19.4. The van der Waals surface area contributed by atoms with E-state index in [2.05, 4.69) is 15.9 Å². The summed E-state index contributed by atoms with van der Waals surface area (Å²) in [5.41, 5.74) is 4.34. The zero-order valence-electron chi connectivity index (χ0n) is 14.2. The van der Waals surface area contributed by atoms with Crippen molar-refractivity contribution in [3.8, 4) is 5.75 Å². The van der Waals surface area contributed by atoms with Crippen LogP contribution < -0.4 is 10.5 Å². The second-order valence-corrected chi connectivity index (χ2v) is 7.35. The summed E-state index contributed by atoms with van der Waals surface area (Å²) in [6, 6.07) is 1.05. The summed E-state index contributed by atoms with van der Waals surface area (Å²) in [6.07, 6.45) is -1.19. The maximum Gasteiger partial charge on any atom is 0.408 e. The number of nitrogens with two attached hydrogens (primary N) is 1. The summed E-state index contributed by atoms with van der Waals surface area (Å²) < 4.78 is 32.6. The summed E-state index contributed by atoms with van der Waals surface area (Å²) in [5, 5.41) is 9.50. The van der Waals surface area contributed by atoms with Crippen molar-refractivity contribution < 1.29 is 28.2 Å². The number of primary amides is 1. The molecule has 9 heteroatoms. The van der Waals surface area contributed by atoms with Crippen LogP contribution in [0.3, 0.4) is 0 Å². The van der Waals surface area contributed by atoms with Gasteiger partial charge in [-0.05, 0) is 49.2 Å². The Labute approximate surface area is 153 Å². The first-order chi connectivity index (χ1) is 11.4. The molecule has 6 nitrogen and oxygen atoms in total. The lowest BCUT2D eigenvalue weighted by molar-refractivity contribution is -0.118. The maximum absolute atomic E-state index is 14.0. The van der Waals surface area contributed by atoms with E-state index in [0.717, 1.165) is 17.0 Å². The van der Waals surface area contributed by atoms with Crippen LogP contribution in [0.5, 0.6) is 5.75 Å². The molecule has 3 N–H and O–H groups in total. The molecule has 1 aromatic rings. The highest BCUT2D eigenvalue weighted by Crippen LogP contribution is 2.28. The van der Waals surface area contributed by atoms with Crippen molar-refractivity contribution in [2.24, 2.45) is 5.73 Å². The highest BCUT2D eigenvalue weighted by Gasteiger charge is 2.34. The molecular weight excluding hydrogens is 402 g/mol. The van der Waals surface area contributed by atoms with Gasteiger partial charge in [-0.1, -0.05) is 0 Å². The predicted molar refractivity (Wildman–Crippen MR) is 91.4 cm³/mol. The maximum atomic E-state index is 14.0. The molecule has 0 aliphatic rings. The van der Waals surface area contributed by atoms with Gasteiger partial charge in [0.2, 0.25) is 5.91 Å². The van der Waals surface area contributed by atoms with Gasteiger partial charge in [0.25, 0.3) is 0 Å². The minimum Gasteiger partial charge on any atom is -0.488 e. The van der Waals surface area contributed by atoms with Crippen molar-refractivity contribution >= 4 is 27.9 Å². The molecule has 0 heterocycles. The Morgan fingerprint density at radius 1 is 1.36 bits per heavy atom. The van der Waals surface area contributed by atoms with Gasteiger partial charge in [-0.15, -0.1) is 0 Å². The van der Waals surface area contributed by atoms with Crippen molar-refractivity contribution in [2.45, 2.75) is 45.2 Å². The van der Waals surface area contributed by atoms with Gasteiger partial charge in [0.05, 0.1) is 10.5 Å². The molecule has 0 spiro atoms. The van der Waals surface area contributed by atoms with E-state index in [1.807, 2.05) is 0 Å². The van der Waals surface area contributed by atoms with Gasteiger partial charge in [0, 0.05) is 18.0 Å². The normalized spacial score (nSPS) is 12.6. The minimum absolute atomic E-state index is 0.0663. The standard InChI is InChI=1S/C16H21BrF2N2O4/c1-16(2,3)21(15(23)24)10(4-5-13(20)22)8-25-12-7-9(18)6-11(17)14(12)19/h6-7,10H,4-5,8H2,1-3H3,(H2,20,22)(H,23,24)/t10-/m0/s1. The van der Waals surface area contributed by atoms with Gasteiger partial charge < -0.3 is 15.6 Å². The van der Waals surface area contributed by atoms with Crippen LogP contribution in [-0.4, -0.2) is 40.2 Å². The van der Waals surface area contributed by atoms with Crippen LogP contribution in [0.15, 0.2) is 16.6 Å². The molecule has 25 heavy (non-hydrogen) atoms. The fraction of sp³-hybridized carbons (Fsp3) is 0.500. The molecule has 140 valence electrons. The van der Waals surface area contributed by atoms with E-state index in [1.165, 1.54) is 0 Å². The summed E-state index contributed by atoms with van der Waals surface area (Å²) in [5.74, 6) is -2.45. The Morgan fingerprint density at radius 3 is 2.44 bits per heavy atom. The molecule has 0 aromatic heterocycles. The smallest absolute Gasteiger partial charge is 0.408 e. The monoisotopic (exact) mass is 422 g/mol. The van der Waals surface area contributed by atoms with E-state index in [0.29, 0.717) is 0 Å². The molecule has 0 bridgehead atoms. The molecule has 0 saturated carbocycles. The summed E-state index contributed by atoms with van der Waals surface area (Å²) in [6.45, 7) is 4.77. The van der Waals surface area contributed by atoms with E-state index in [-0.39, 0.29) is 29.7 Å². The van der Waals surface area contributed by atoms with Crippen molar-refractivity contribution in [1.29, 1.82) is 0 Å². The molecule has 1 rings (SSSR count). The molecular formula is C16H21BrF2N2O4. The Balaban J connectivity index is 3.05. The molecule has 1 atom stereocenters. The lowest BCUT2D eigenvalue weighted by Gasteiger charge is -2.39. The molecule has 0 fully saturated rings. The second-order valence-electron chi connectivity index (χ2n) is 6.49. The van der Waals surface area contributed by atoms with Crippen molar-refractivity contribution in [2.75, 3.05) is 6.61 Å². The lowest BCUT2D eigenvalue weighted by Crippen LogP contribution is -2.53. The van der Waals surface area contributed by atoms with E-state index in [4.69, 9.17) is 10.5 Å². The molecule has 0 unspecified atom stereocenters. The number of ether oxygens (including phenoxy) is 1. The number of hydrogen-bond acceptors (Lipinski definition) is 3. The topological polar surface area (TPSA) is 92.9 Å². The highest BCUT2D eigenvalue weighted by molar-refractivity contribution is 9.10. The largest absolute Gasteiger partial charge is 0.488 e. The first-order valence-corrected chi connectivity index (χ1v) is 8.30. The van der Waals surface area contributed by atoms with Gasteiger partial charge in [-0.25, -0.2) is 13.6 Å². The predicted octanol–water partition coefficient (Wildman–Crippen LogP) is 3.52. The van der Waals surface area contributed by atoms with Gasteiger partial charge in [0.1, 0.15) is 12.4 Å². The van der Waals surface area contributed by atoms with Crippen molar-refractivity contribution in [3.05, 3.63) is 28.2 Å². The minimum atomic E-state index is -1.22. The third kappa shape index (κ3) is 6.15. The quantitative estimate of drug-likeness (QED) is 0.657. The number of carbonyl (C=O) groups excluding carboxylic acids is 1. The van der Waals surface area contributed by atoms with Gasteiger partial charge >= 0.3 is 6.09 Å². The number of carboxylic acid groups (broad SMARTS) is 1. The molecule has 0 radical (unpaired) electrons. The molecule has 0 saturated heterocycles. The fourth-order valence-electron chi connectivity index (χ4n) is 2.41. The molecule has 1 aromatic carbocycles. The second kappa shape index (κ2) is 8.46. The van der Waals surface area contributed by atoms with Crippen LogP contribution in [0, 0.1) is 11.6 Å². The third-order valence-electron chi connectivity index (χ3n) is 3.41. The van der Waals surface area contributed by atoms with Crippen molar-refractivity contribution in [3.63, 3.8) is 0 Å². The number of benzene rings is 1. The van der Waals surface area contributed by atoms with Crippen LogP contribution in [0.4, 0.5) is 13.6 Å². The van der Waals surface area contributed by atoms with Crippen LogP contribution >= 0.6 is 15.9 Å². The molecule has 0 aliphatic heterocycles. The van der Waals surface area contributed by atoms with Gasteiger partial charge in [0.15, 0.2) is 11.6 Å². The SMILES string of the molecule is CC(C)(C)N(C(=O)O)[C@@H](CCC(N)=O)COc1cc(F)cc(Br)c1F. The van der Waals surface area contributed by atoms with Crippen LogP contribution in [0.2, 0.25) is 0 Å². The number of rotatable bonds is 7. The first-order valence-electron chi connectivity index (χ1n) is 7.51. The molecule has 2 amide bonds. The Bertz CT molecular complexity index is 650. The van der Waals surface area contributed by atoms with Crippen LogP contribution in [0.1, 0.15) is 33.6 Å². The lowest BCUT2D eigenvalue weighted by atomic mass is 10.0. The van der Waals surface area contributed by atoms with Gasteiger partial charge in [-0.2, -0.15) is 0 Å². The van der Waals surface area contributed by atoms with Crippen LogP contribution in [0.25, 0.3) is 0 Å². The summed E-state index contributed by atoms with van der Waals surface area (Å²) >= 11 is 2.88. The van der Waals surface area contributed by atoms with Crippen molar-refractivity contribution in [1.82, 2.24) is 4.90 Å². The van der Waals surface area contributed by atoms with E-state index >= 15 is 0 Å². The zero-order valence-corrected chi connectivity index (χ0v) is 15.8. The number of hydrogen-bond donors (Lipinski definition) is 2. The van der Waals surface area contributed by atoms with Crippen LogP contribution in [-0.2, 0) is 4.79 Å². The highest BCUT2D eigenvalue weighted by atomic mass is 79.9. The van der Waals surface area contributed by atoms with E-state index in [9.17, 15) is 23.5 Å². The first kappa shape index (κ1) is 21.1. The number of carbonyl (C=O) groups is 2.